The second-order valence-electron chi connectivity index (χ2n) is 6.15. The normalized spacial score (nSPS) is 34.3. The topological polar surface area (TPSA) is 49.4 Å². The highest BCUT2D eigenvalue weighted by molar-refractivity contribution is 7.88. The van der Waals surface area contributed by atoms with Crippen LogP contribution >= 0.6 is 0 Å². The maximum absolute atomic E-state index is 12.1. The van der Waals surface area contributed by atoms with Crippen LogP contribution in [0.3, 0.4) is 0 Å². The van der Waals surface area contributed by atoms with E-state index in [2.05, 4.69) is 30.5 Å². The van der Waals surface area contributed by atoms with Gasteiger partial charge in [0.2, 0.25) is 10.0 Å². The summed E-state index contributed by atoms with van der Waals surface area (Å²) in [6.45, 7) is 4.75. The molecule has 0 aromatic heterocycles. The molecule has 2 aliphatic heterocycles. The third kappa shape index (κ3) is 2.08. The SMILES string of the molecule is CC1C=CC=C2C1N(S(C)(=O)=O)CC21CCNCC1. The zero-order valence-corrected chi connectivity index (χ0v) is 12.4. The Morgan fingerprint density at radius 3 is 2.68 bits per heavy atom. The standard InChI is InChI=1S/C14H22N2O2S/c1-11-4-3-5-12-13(11)16(19(2,17)18)10-14(12)6-8-15-9-7-14/h3-5,11,13,15H,6-10H2,1-2H3. The van der Waals surface area contributed by atoms with Crippen LogP contribution in [0.4, 0.5) is 0 Å². The Morgan fingerprint density at radius 1 is 1.37 bits per heavy atom. The fourth-order valence-corrected chi connectivity index (χ4v) is 5.09. The molecule has 2 heterocycles. The van der Waals surface area contributed by atoms with E-state index in [0.717, 1.165) is 25.9 Å². The Labute approximate surface area is 115 Å². The van der Waals surface area contributed by atoms with E-state index >= 15 is 0 Å². The molecule has 0 saturated carbocycles. The third-order valence-electron chi connectivity index (χ3n) is 4.87. The molecular formula is C14H22N2O2S. The number of piperidine rings is 1. The van der Waals surface area contributed by atoms with E-state index in [1.54, 1.807) is 4.31 Å². The molecule has 0 amide bonds. The molecule has 4 nitrogen and oxygen atoms in total. The van der Waals surface area contributed by atoms with Gasteiger partial charge in [-0.1, -0.05) is 25.2 Å². The number of rotatable bonds is 1. The van der Waals surface area contributed by atoms with Gasteiger partial charge in [0.1, 0.15) is 0 Å². The molecule has 1 N–H and O–H groups in total. The molecule has 3 aliphatic rings. The molecule has 1 spiro atoms. The molecule has 0 aromatic rings. The predicted octanol–water partition coefficient (Wildman–Crippen LogP) is 1.13. The molecule has 5 heteroatoms. The molecule has 106 valence electrons. The molecule has 2 saturated heterocycles. The Bertz CT molecular complexity index is 530. The molecule has 2 atom stereocenters. The second kappa shape index (κ2) is 4.43. The highest BCUT2D eigenvalue weighted by atomic mass is 32.2. The zero-order chi connectivity index (χ0) is 13.7. The monoisotopic (exact) mass is 282 g/mol. The lowest BCUT2D eigenvalue weighted by Gasteiger charge is -2.36. The van der Waals surface area contributed by atoms with Crippen LogP contribution in [0.5, 0.6) is 0 Å². The minimum Gasteiger partial charge on any atom is -0.317 e. The molecule has 19 heavy (non-hydrogen) atoms. The maximum Gasteiger partial charge on any atom is 0.211 e. The van der Waals surface area contributed by atoms with Crippen LogP contribution in [0.15, 0.2) is 23.8 Å². The van der Waals surface area contributed by atoms with Gasteiger partial charge in [-0.2, -0.15) is 4.31 Å². The average molecular weight is 282 g/mol. The van der Waals surface area contributed by atoms with E-state index in [0.29, 0.717) is 6.54 Å². The van der Waals surface area contributed by atoms with Gasteiger partial charge < -0.3 is 5.32 Å². The quantitative estimate of drug-likeness (QED) is 0.784. The number of sulfonamides is 1. The van der Waals surface area contributed by atoms with E-state index in [-0.39, 0.29) is 17.4 Å². The van der Waals surface area contributed by atoms with E-state index in [9.17, 15) is 8.42 Å². The molecule has 1 aliphatic carbocycles. The largest absolute Gasteiger partial charge is 0.317 e. The fourth-order valence-electron chi connectivity index (χ4n) is 3.89. The van der Waals surface area contributed by atoms with E-state index in [4.69, 9.17) is 0 Å². The van der Waals surface area contributed by atoms with Crippen LogP contribution in [-0.4, -0.2) is 44.7 Å². The summed E-state index contributed by atoms with van der Waals surface area (Å²) in [5.74, 6) is 0.268. The van der Waals surface area contributed by atoms with Gasteiger partial charge in [-0.05, 0) is 37.4 Å². The van der Waals surface area contributed by atoms with Crippen molar-refractivity contribution in [2.24, 2.45) is 11.3 Å². The van der Waals surface area contributed by atoms with Gasteiger partial charge in [0.05, 0.1) is 12.3 Å². The summed E-state index contributed by atoms with van der Waals surface area (Å²) in [6.07, 6.45) is 9.82. The first-order valence-corrected chi connectivity index (χ1v) is 8.85. The first-order valence-electron chi connectivity index (χ1n) is 7.00. The first-order chi connectivity index (χ1) is 8.94. The van der Waals surface area contributed by atoms with Gasteiger partial charge in [0, 0.05) is 12.0 Å². The van der Waals surface area contributed by atoms with Crippen molar-refractivity contribution in [1.29, 1.82) is 0 Å². The van der Waals surface area contributed by atoms with Gasteiger partial charge in [0.25, 0.3) is 0 Å². The van der Waals surface area contributed by atoms with Crippen LogP contribution in [0, 0.1) is 11.3 Å². The number of nitrogens with zero attached hydrogens (tertiary/aromatic N) is 1. The number of hydrogen-bond acceptors (Lipinski definition) is 3. The molecule has 0 aromatic carbocycles. The summed E-state index contributed by atoms with van der Waals surface area (Å²) in [5, 5.41) is 3.38. The molecule has 3 rings (SSSR count). The van der Waals surface area contributed by atoms with E-state index in [1.807, 2.05) is 0 Å². The summed E-state index contributed by atoms with van der Waals surface area (Å²) in [6, 6.07) is 0.0399. The van der Waals surface area contributed by atoms with Gasteiger partial charge in [-0.3, -0.25) is 0 Å². The van der Waals surface area contributed by atoms with Crippen molar-refractivity contribution in [2.75, 3.05) is 25.9 Å². The van der Waals surface area contributed by atoms with E-state index in [1.165, 1.54) is 11.8 Å². The van der Waals surface area contributed by atoms with Crippen molar-refractivity contribution < 1.29 is 8.42 Å². The predicted molar refractivity (Wildman–Crippen MR) is 76.3 cm³/mol. The van der Waals surface area contributed by atoms with Crippen LogP contribution in [0.1, 0.15) is 19.8 Å². The van der Waals surface area contributed by atoms with Gasteiger partial charge >= 0.3 is 0 Å². The van der Waals surface area contributed by atoms with Crippen LogP contribution in [0.2, 0.25) is 0 Å². The lowest BCUT2D eigenvalue weighted by molar-refractivity contribution is 0.254. The van der Waals surface area contributed by atoms with Gasteiger partial charge in [-0.15, -0.1) is 0 Å². The molecule has 0 radical (unpaired) electrons. The average Bonchev–Trinajstić information content (AvgIpc) is 2.67. The van der Waals surface area contributed by atoms with Crippen molar-refractivity contribution in [3.8, 4) is 0 Å². The Balaban J connectivity index is 2.05. The highest BCUT2D eigenvalue weighted by Gasteiger charge is 2.52. The summed E-state index contributed by atoms with van der Waals surface area (Å²) < 4.78 is 26.0. The molecule has 2 unspecified atom stereocenters. The van der Waals surface area contributed by atoms with Crippen LogP contribution < -0.4 is 5.32 Å². The Hall–Kier alpha value is -0.650. The van der Waals surface area contributed by atoms with Gasteiger partial charge in [0.15, 0.2) is 0 Å². The second-order valence-corrected chi connectivity index (χ2v) is 8.08. The third-order valence-corrected chi connectivity index (χ3v) is 6.08. The molecule has 2 fully saturated rings. The molecular weight excluding hydrogens is 260 g/mol. The number of fused-ring (bicyclic) bond motifs is 2. The highest BCUT2D eigenvalue weighted by Crippen LogP contribution is 2.50. The summed E-state index contributed by atoms with van der Waals surface area (Å²) >= 11 is 0. The smallest absolute Gasteiger partial charge is 0.211 e. The van der Waals surface area contributed by atoms with Crippen molar-refractivity contribution in [3.63, 3.8) is 0 Å². The summed E-state index contributed by atoms with van der Waals surface area (Å²) in [5.41, 5.74) is 1.41. The van der Waals surface area contributed by atoms with Crippen molar-refractivity contribution in [2.45, 2.75) is 25.8 Å². The Kier molecular flexibility index (Phi) is 3.11. The summed E-state index contributed by atoms with van der Waals surface area (Å²) in [4.78, 5) is 0. The lowest BCUT2D eigenvalue weighted by atomic mass is 9.70. The first kappa shape index (κ1) is 13.3. The number of allylic oxidation sites excluding steroid dienone is 2. The van der Waals surface area contributed by atoms with Crippen molar-refractivity contribution >= 4 is 10.0 Å². The van der Waals surface area contributed by atoms with Crippen molar-refractivity contribution in [3.05, 3.63) is 23.8 Å². The number of hydrogen-bond donors (Lipinski definition) is 1. The minimum absolute atomic E-state index is 0.0399. The molecule has 0 bridgehead atoms. The van der Waals surface area contributed by atoms with Gasteiger partial charge in [-0.25, -0.2) is 8.42 Å². The number of nitrogens with one attached hydrogen (secondary N) is 1. The summed E-state index contributed by atoms with van der Waals surface area (Å²) in [7, 11) is -3.14. The maximum atomic E-state index is 12.1. The van der Waals surface area contributed by atoms with Crippen LogP contribution in [-0.2, 0) is 10.0 Å². The van der Waals surface area contributed by atoms with E-state index < -0.39 is 10.0 Å². The zero-order valence-electron chi connectivity index (χ0n) is 11.6. The minimum atomic E-state index is -3.14. The fraction of sp³-hybridized carbons (Fsp3) is 0.714. The van der Waals surface area contributed by atoms with Crippen LogP contribution in [0.25, 0.3) is 0 Å². The van der Waals surface area contributed by atoms with Crippen molar-refractivity contribution in [1.82, 2.24) is 9.62 Å². The lowest BCUT2D eigenvalue weighted by Crippen LogP contribution is -2.40. The Morgan fingerprint density at radius 2 is 2.05 bits per heavy atom.